The lowest BCUT2D eigenvalue weighted by atomic mass is 10.2. The van der Waals surface area contributed by atoms with E-state index in [4.69, 9.17) is 9.47 Å². The second-order valence-corrected chi connectivity index (χ2v) is 4.46. The van der Waals surface area contributed by atoms with Crippen molar-refractivity contribution >= 4 is 11.7 Å². The summed E-state index contributed by atoms with van der Waals surface area (Å²) in [6.07, 6.45) is 1.57. The number of hydrogen-bond donors (Lipinski definition) is 1. The number of aromatic nitrogens is 1. The van der Waals surface area contributed by atoms with Crippen molar-refractivity contribution in [3.8, 4) is 11.5 Å². The van der Waals surface area contributed by atoms with Gasteiger partial charge in [0, 0.05) is 6.20 Å². The average molecular weight is 270 g/mol. The van der Waals surface area contributed by atoms with Crippen molar-refractivity contribution in [1.29, 1.82) is 0 Å². The number of anilines is 1. The fraction of sp³-hybridized carbons (Fsp3) is 0.200. The summed E-state index contributed by atoms with van der Waals surface area (Å²) in [6.45, 7) is 0.368. The summed E-state index contributed by atoms with van der Waals surface area (Å²) in [5.41, 5.74) is 0. The van der Waals surface area contributed by atoms with Crippen LogP contribution in [0.2, 0.25) is 0 Å². The second kappa shape index (κ2) is 5.61. The maximum atomic E-state index is 11.9. The number of nitrogens with one attached hydrogen (secondary N) is 1. The molecule has 1 aliphatic rings. The van der Waals surface area contributed by atoms with E-state index >= 15 is 0 Å². The molecule has 0 fully saturated rings. The number of carbonyl (C=O) groups is 1. The van der Waals surface area contributed by atoms with E-state index in [-0.39, 0.29) is 18.4 Å². The lowest BCUT2D eigenvalue weighted by molar-refractivity contribution is -0.118. The van der Waals surface area contributed by atoms with Gasteiger partial charge in [0.2, 0.25) is 5.91 Å². The van der Waals surface area contributed by atoms with E-state index in [1.807, 2.05) is 30.3 Å². The molecule has 1 N–H and O–H groups in total. The Morgan fingerprint density at radius 1 is 1.20 bits per heavy atom. The normalized spacial score (nSPS) is 16.5. The zero-order valence-electron chi connectivity index (χ0n) is 10.8. The third-order valence-electron chi connectivity index (χ3n) is 2.91. The molecule has 0 unspecified atom stereocenters. The van der Waals surface area contributed by atoms with E-state index < -0.39 is 0 Å². The molecule has 1 amide bonds. The molecular formula is C15H14N2O3. The number of hydrogen-bond acceptors (Lipinski definition) is 4. The molecule has 0 aliphatic carbocycles. The van der Waals surface area contributed by atoms with Crippen LogP contribution in [0.1, 0.15) is 6.42 Å². The molecule has 1 atom stereocenters. The summed E-state index contributed by atoms with van der Waals surface area (Å²) in [6, 6.07) is 12.8. The van der Waals surface area contributed by atoms with Crippen molar-refractivity contribution in [1.82, 2.24) is 4.98 Å². The van der Waals surface area contributed by atoms with Crippen LogP contribution in [0.15, 0.2) is 48.7 Å². The predicted molar refractivity (Wildman–Crippen MR) is 73.8 cm³/mol. The highest BCUT2D eigenvalue weighted by molar-refractivity contribution is 5.90. The van der Waals surface area contributed by atoms with Crippen LogP contribution in [0.4, 0.5) is 5.82 Å². The van der Waals surface area contributed by atoms with Gasteiger partial charge in [0.15, 0.2) is 11.5 Å². The maximum Gasteiger partial charge on any atom is 0.229 e. The molecule has 1 aromatic heterocycles. The van der Waals surface area contributed by atoms with Crippen molar-refractivity contribution in [3.63, 3.8) is 0 Å². The Labute approximate surface area is 116 Å². The highest BCUT2D eigenvalue weighted by Crippen LogP contribution is 2.31. The molecule has 1 aromatic carbocycles. The maximum absolute atomic E-state index is 11.9. The fourth-order valence-corrected chi connectivity index (χ4v) is 2.00. The van der Waals surface area contributed by atoms with Crippen molar-refractivity contribution < 1.29 is 14.3 Å². The topological polar surface area (TPSA) is 60.5 Å². The van der Waals surface area contributed by atoms with Crippen LogP contribution in [0.5, 0.6) is 11.5 Å². The van der Waals surface area contributed by atoms with Crippen LogP contribution < -0.4 is 14.8 Å². The molecule has 5 heteroatoms. The number of pyridine rings is 1. The number of amides is 1. The quantitative estimate of drug-likeness (QED) is 0.929. The van der Waals surface area contributed by atoms with Crippen LogP contribution in [0.25, 0.3) is 0 Å². The van der Waals surface area contributed by atoms with Crippen LogP contribution in [0, 0.1) is 0 Å². The zero-order valence-corrected chi connectivity index (χ0v) is 10.8. The Balaban J connectivity index is 1.58. The number of ether oxygens (including phenoxy) is 2. The van der Waals surface area contributed by atoms with Gasteiger partial charge in [-0.1, -0.05) is 18.2 Å². The summed E-state index contributed by atoms with van der Waals surface area (Å²) in [4.78, 5) is 15.9. The Kier molecular flexibility index (Phi) is 3.50. The molecule has 3 rings (SSSR count). The van der Waals surface area contributed by atoms with Gasteiger partial charge >= 0.3 is 0 Å². The first-order chi connectivity index (χ1) is 9.81. The van der Waals surface area contributed by atoms with Gasteiger partial charge in [-0.3, -0.25) is 4.79 Å². The molecule has 20 heavy (non-hydrogen) atoms. The van der Waals surface area contributed by atoms with Crippen molar-refractivity contribution in [2.75, 3.05) is 11.9 Å². The molecule has 0 saturated carbocycles. The van der Waals surface area contributed by atoms with Crippen LogP contribution in [-0.2, 0) is 4.79 Å². The molecule has 2 heterocycles. The second-order valence-electron chi connectivity index (χ2n) is 4.46. The van der Waals surface area contributed by atoms with Crippen molar-refractivity contribution in [2.24, 2.45) is 0 Å². The minimum absolute atomic E-state index is 0.142. The SMILES string of the molecule is O=C(C[C@H]1COc2ccccc2O1)Nc1ccccn1. The highest BCUT2D eigenvalue weighted by atomic mass is 16.6. The molecule has 0 radical (unpaired) electrons. The zero-order chi connectivity index (χ0) is 13.8. The van der Waals surface area contributed by atoms with Gasteiger partial charge in [0.25, 0.3) is 0 Å². The summed E-state index contributed by atoms with van der Waals surface area (Å²) in [5, 5.41) is 2.73. The Bertz CT molecular complexity index is 601. The molecule has 0 bridgehead atoms. The molecule has 0 saturated heterocycles. The lowest BCUT2D eigenvalue weighted by Gasteiger charge is -2.25. The number of para-hydroxylation sites is 2. The molecule has 0 spiro atoms. The summed E-state index contributed by atoms with van der Waals surface area (Å²) in [7, 11) is 0. The van der Waals surface area contributed by atoms with E-state index in [0.717, 1.165) is 0 Å². The Hall–Kier alpha value is -2.56. The third kappa shape index (κ3) is 2.88. The summed E-state index contributed by atoms with van der Waals surface area (Å²) < 4.78 is 11.3. The fourth-order valence-electron chi connectivity index (χ4n) is 2.00. The van der Waals surface area contributed by atoms with Crippen LogP contribution >= 0.6 is 0 Å². The van der Waals surface area contributed by atoms with Gasteiger partial charge in [-0.25, -0.2) is 4.98 Å². The standard InChI is InChI=1S/C15H14N2O3/c18-15(17-14-7-3-4-8-16-14)9-11-10-19-12-5-1-2-6-13(12)20-11/h1-8,11H,9-10H2,(H,16,17,18)/t11-/m0/s1. The largest absolute Gasteiger partial charge is 0.486 e. The van der Waals surface area contributed by atoms with E-state index in [0.29, 0.717) is 23.9 Å². The molecule has 102 valence electrons. The number of fused-ring (bicyclic) bond motifs is 1. The predicted octanol–water partition coefficient (Wildman–Crippen LogP) is 2.25. The summed E-state index contributed by atoms with van der Waals surface area (Å²) in [5.74, 6) is 1.79. The molecule has 1 aliphatic heterocycles. The Morgan fingerprint density at radius 3 is 2.80 bits per heavy atom. The van der Waals surface area contributed by atoms with Gasteiger partial charge in [0.1, 0.15) is 18.5 Å². The van der Waals surface area contributed by atoms with Gasteiger partial charge < -0.3 is 14.8 Å². The van der Waals surface area contributed by atoms with E-state index in [9.17, 15) is 4.79 Å². The van der Waals surface area contributed by atoms with Gasteiger partial charge in [0.05, 0.1) is 6.42 Å². The van der Waals surface area contributed by atoms with E-state index in [1.165, 1.54) is 0 Å². The number of nitrogens with zero attached hydrogens (tertiary/aromatic N) is 1. The average Bonchev–Trinajstić information content (AvgIpc) is 2.48. The van der Waals surface area contributed by atoms with E-state index in [2.05, 4.69) is 10.3 Å². The van der Waals surface area contributed by atoms with Crippen LogP contribution in [-0.4, -0.2) is 23.6 Å². The summed E-state index contributed by atoms with van der Waals surface area (Å²) >= 11 is 0. The number of benzene rings is 1. The molecular weight excluding hydrogens is 256 g/mol. The van der Waals surface area contributed by atoms with Gasteiger partial charge in [-0.05, 0) is 24.3 Å². The smallest absolute Gasteiger partial charge is 0.229 e. The first kappa shape index (κ1) is 12.5. The highest BCUT2D eigenvalue weighted by Gasteiger charge is 2.23. The minimum Gasteiger partial charge on any atom is -0.486 e. The minimum atomic E-state index is -0.284. The number of carbonyl (C=O) groups excluding carboxylic acids is 1. The van der Waals surface area contributed by atoms with Crippen molar-refractivity contribution in [2.45, 2.75) is 12.5 Å². The lowest BCUT2D eigenvalue weighted by Crippen LogP contribution is -2.33. The van der Waals surface area contributed by atoms with Gasteiger partial charge in [-0.2, -0.15) is 0 Å². The van der Waals surface area contributed by atoms with E-state index in [1.54, 1.807) is 18.3 Å². The first-order valence-corrected chi connectivity index (χ1v) is 6.40. The Morgan fingerprint density at radius 2 is 2.00 bits per heavy atom. The van der Waals surface area contributed by atoms with Gasteiger partial charge in [-0.15, -0.1) is 0 Å². The van der Waals surface area contributed by atoms with Crippen LogP contribution in [0.3, 0.4) is 0 Å². The first-order valence-electron chi connectivity index (χ1n) is 6.40. The third-order valence-corrected chi connectivity index (χ3v) is 2.91. The monoisotopic (exact) mass is 270 g/mol. The number of rotatable bonds is 3. The molecule has 2 aromatic rings. The molecule has 5 nitrogen and oxygen atoms in total. The van der Waals surface area contributed by atoms with Crippen molar-refractivity contribution in [3.05, 3.63) is 48.7 Å².